The van der Waals surface area contributed by atoms with E-state index in [2.05, 4.69) is 20.2 Å². The molecule has 6 heteroatoms. The number of amides is 1. The quantitative estimate of drug-likeness (QED) is 0.861. The predicted octanol–water partition coefficient (Wildman–Crippen LogP) is 1.62. The van der Waals surface area contributed by atoms with Gasteiger partial charge in [0, 0.05) is 25.1 Å². The van der Waals surface area contributed by atoms with Gasteiger partial charge in [-0.2, -0.15) is 0 Å². The van der Waals surface area contributed by atoms with Crippen molar-refractivity contribution >= 4 is 17.5 Å². The number of primary amides is 1. The molecule has 0 saturated carbocycles. The highest BCUT2D eigenvalue weighted by Crippen LogP contribution is 2.29. The molecule has 1 aromatic rings. The van der Waals surface area contributed by atoms with Crippen molar-refractivity contribution in [3.8, 4) is 0 Å². The molecule has 1 aliphatic rings. The van der Waals surface area contributed by atoms with Crippen LogP contribution < -0.4 is 16.0 Å². The largest absolute Gasteiger partial charge is 0.370 e. The lowest BCUT2D eigenvalue weighted by molar-refractivity contribution is -0.119. The minimum absolute atomic E-state index is 0.258. The van der Waals surface area contributed by atoms with Gasteiger partial charge in [0.05, 0.1) is 0 Å². The highest BCUT2D eigenvalue weighted by atomic mass is 16.1. The highest BCUT2D eigenvalue weighted by Gasteiger charge is 2.30. The fourth-order valence-corrected chi connectivity index (χ4v) is 2.81. The summed E-state index contributed by atoms with van der Waals surface area (Å²) in [5, 5.41) is 3.28. The number of aromatic nitrogens is 2. The first-order chi connectivity index (χ1) is 10.1. The lowest BCUT2D eigenvalue weighted by Crippen LogP contribution is -2.48. The van der Waals surface area contributed by atoms with E-state index in [1.165, 1.54) is 0 Å². The predicted molar refractivity (Wildman–Crippen MR) is 84.5 cm³/mol. The van der Waals surface area contributed by atoms with E-state index in [0.29, 0.717) is 0 Å². The second-order valence-electron chi connectivity index (χ2n) is 5.43. The van der Waals surface area contributed by atoms with Crippen LogP contribution in [0.4, 0.5) is 11.6 Å². The van der Waals surface area contributed by atoms with Gasteiger partial charge in [0.25, 0.3) is 0 Å². The molecule has 1 fully saturated rings. The summed E-state index contributed by atoms with van der Waals surface area (Å²) < 4.78 is 0. The zero-order valence-electron chi connectivity index (χ0n) is 13.1. The van der Waals surface area contributed by atoms with Crippen LogP contribution in [0.15, 0.2) is 0 Å². The van der Waals surface area contributed by atoms with E-state index in [1.54, 1.807) is 0 Å². The third-order valence-electron chi connectivity index (χ3n) is 3.93. The zero-order valence-corrected chi connectivity index (χ0v) is 13.1. The minimum atomic E-state index is -0.268. The number of nitrogens with zero attached hydrogens (tertiary/aromatic N) is 3. The molecule has 0 aromatic carbocycles. The Morgan fingerprint density at radius 3 is 2.76 bits per heavy atom. The first kappa shape index (κ1) is 15.5. The Balaban J connectivity index is 2.44. The van der Waals surface area contributed by atoms with Gasteiger partial charge in [-0.05, 0) is 33.1 Å². The van der Waals surface area contributed by atoms with Crippen LogP contribution in [0.25, 0.3) is 0 Å². The summed E-state index contributed by atoms with van der Waals surface area (Å²) in [6.45, 7) is 7.70. The van der Waals surface area contributed by atoms with Gasteiger partial charge in [0.15, 0.2) is 0 Å². The number of rotatable bonds is 5. The zero-order chi connectivity index (χ0) is 15.4. The van der Waals surface area contributed by atoms with E-state index in [9.17, 15) is 4.79 Å². The van der Waals surface area contributed by atoms with Crippen molar-refractivity contribution in [3.63, 3.8) is 0 Å². The summed E-state index contributed by atoms with van der Waals surface area (Å²) in [7, 11) is 0. The Morgan fingerprint density at radius 2 is 2.14 bits per heavy atom. The summed E-state index contributed by atoms with van der Waals surface area (Å²) in [6.07, 6.45) is 3.66. The van der Waals surface area contributed by atoms with Crippen molar-refractivity contribution in [1.82, 2.24) is 9.97 Å². The Bertz CT molecular complexity index is 517. The van der Waals surface area contributed by atoms with Crippen molar-refractivity contribution in [2.24, 2.45) is 5.73 Å². The molecule has 1 aliphatic heterocycles. The molecule has 1 atom stereocenters. The van der Waals surface area contributed by atoms with Gasteiger partial charge < -0.3 is 16.0 Å². The summed E-state index contributed by atoms with van der Waals surface area (Å²) in [4.78, 5) is 23.0. The Morgan fingerprint density at radius 1 is 1.38 bits per heavy atom. The molecule has 0 spiro atoms. The molecule has 1 unspecified atom stereocenters. The maximum absolute atomic E-state index is 11.7. The molecular weight excluding hydrogens is 266 g/mol. The van der Waals surface area contributed by atoms with E-state index in [1.807, 2.05) is 20.8 Å². The molecule has 6 nitrogen and oxygen atoms in total. The minimum Gasteiger partial charge on any atom is -0.370 e. The smallest absolute Gasteiger partial charge is 0.240 e. The van der Waals surface area contributed by atoms with Crippen LogP contribution in [0.1, 0.15) is 44.5 Å². The normalized spacial score (nSPS) is 18.6. The van der Waals surface area contributed by atoms with E-state index < -0.39 is 0 Å². The standard InChI is InChI=1S/C15H25N5O/c1-4-12-18-14(17-5-2)10(3)15(19-12)20-9-7-6-8-11(20)13(16)21/h11H,4-9H2,1-3H3,(H2,16,21)(H,17,18,19). The van der Waals surface area contributed by atoms with Crippen LogP contribution >= 0.6 is 0 Å². The Kier molecular flexibility index (Phi) is 4.98. The van der Waals surface area contributed by atoms with Crippen LogP contribution in [0.2, 0.25) is 0 Å². The van der Waals surface area contributed by atoms with Crippen molar-refractivity contribution in [1.29, 1.82) is 0 Å². The van der Waals surface area contributed by atoms with E-state index in [4.69, 9.17) is 5.73 Å². The average Bonchev–Trinajstić information content (AvgIpc) is 2.49. The van der Waals surface area contributed by atoms with Crippen LogP contribution in [-0.2, 0) is 11.2 Å². The fourth-order valence-electron chi connectivity index (χ4n) is 2.81. The highest BCUT2D eigenvalue weighted by molar-refractivity contribution is 5.84. The topological polar surface area (TPSA) is 84.1 Å². The van der Waals surface area contributed by atoms with Crippen LogP contribution in [0, 0.1) is 6.92 Å². The monoisotopic (exact) mass is 291 g/mol. The Labute approximate surface area is 126 Å². The molecule has 2 heterocycles. The summed E-state index contributed by atoms with van der Waals surface area (Å²) in [5.74, 6) is 2.23. The van der Waals surface area contributed by atoms with E-state index in [0.717, 1.165) is 61.8 Å². The summed E-state index contributed by atoms with van der Waals surface area (Å²) in [5.41, 5.74) is 6.56. The molecular formula is C15H25N5O. The van der Waals surface area contributed by atoms with Gasteiger partial charge in [-0.3, -0.25) is 4.79 Å². The molecule has 1 saturated heterocycles. The van der Waals surface area contributed by atoms with Crippen LogP contribution in [0.5, 0.6) is 0 Å². The lowest BCUT2D eigenvalue weighted by atomic mass is 10.0. The molecule has 0 radical (unpaired) electrons. The van der Waals surface area contributed by atoms with Crippen molar-refractivity contribution in [2.45, 2.75) is 52.5 Å². The fraction of sp³-hybridized carbons (Fsp3) is 0.667. The van der Waals surface area contributed by atoms with Gasteiger partial charge in [0.1, 0.15) is 23.5 Å². The third-order valence-corrected chi connectivity index (χ3v) is 3.93. The molecule has 21 heavy (non-hydrogen) atoms. The molecule has 1 amide bonds. The number of nitrogens with one attached hydrogen (secondary N) is 1. The van der Waals surface area contributed by atoms with Gasteiger partial charge in [0.2, 0.25) is 5.91 Å². The number of aryl methyl sites for hydroxylation is 1. The molecule has 3 N–H and O–H groups in total. The molecule has 116 valence electrons. The van der Waals surface area contributed by atoms with Gasteiger partial charge in [-0.25, -0.2) is 9.97 Å². The van der Waals surface area contributed by atoms with E-state index in [-0.39, 0.29) is 11.9 Å². The van der Waals surface area contributed by atoms with Crippen molar-refractivity contribution in [2.75, 3.05) is 23.3 Å². The number of hydrogen-bond acceptors (Lipinski definition) is 5. The second kappa shape index (κ2) is 6.74. The number of carbonyl (C=O) groups is 1. The third kappa shape index (κ3) is 3.25. The maximum Gasteiger partial charge on any atom is 0.240 e. The van der Waals surface area contributed by atoms with Crippen molar-refractivity contribution < 1.29 is 4.79 Å². The maximum atomic E-state index is 11.7. The SMILES string of the molecule is CCNc1nc(CC)nc(N2CCCCC2C(N)=O)c1C. The number of carbonyl (C=O) groups excluding carboxylic acids is 1. The first-order valence-corrected chi connectivity index (χ1v) is 7.75. The Hall–Kier alpha value is -1.85. The second-order valence-corrected chi connectivity index (χ2v) is 5.43. The number of nitrogens with two attached hydrogens (primary N) is 1. The molecule has 1 aromatic heterocycles. The van der Waals surface area contributed by atoms with Gasteiger partial charge in [-0.15, -0.1) is 0 Å². The van der Waals surface area contributed by atoms with Crippen LogP contribution in [0.3, 0.4) is 0 Å². The molecule has 2 rings (SSSR count). The molecule has 0 aliphatic carbocycles. The van der Waals surface area contributed by atoms with Gasteiger partial charge >= 0.3 is 0 Å². The summed E-state index contributed by atoms with van der Waals surface area (Å²) in [6, 6.07) is -0.258. The summed E-state index contributed by atoms with van der Waals surface area (Å²) >= 11 is 0. The first-order valence-electron chi connectivity index (χ1n) is 7.75. The van der Waals surface area contributed by atoms with E-state index >= 15 is 0 Å². The van der Waals surface area contributed by atoms with Gasteiger partial charge in [-0.1, -0.05) is 6.92 Å². The average molecular weight is 291 g/mol. The lowest BCUT2D eigenvalue weighted by Gasteiger charge is -2.35. The number of hydrogen-bond donors (Lipinski definition) is 2. The van der Waals surface area contributed by atoms with Crippen LogP contribution in [-0.4, -0.2) is 35.0 Å². The molecule has 0 bridgehead atoms. The van der Waals surface area contributed by atoms with Crippen molar-refractivity contribution in [3.05, 3.63) is 11.4 Å². The number of anilines is 2. The number of piperidine rings is 1.